The number of halogens is 1. The largest absolute Gasteiger partial charge is 0.454 e. The molecule has 1 fully saturated rings. The van der Waals surface area contributed by atoms with Gasteiger partial charge in [0.15, 0.2) is 11.5 Å². The quantitative estimate of drug-likeness (QED) is 0.873. The number of nitrogens with one attached hydrogen (secondary N) is 1. The minimum Gasteiger partial charge on any atom is -0.454 e. The number of fused-ring (bicyclic) bond motifs is 1. The van der Waals surface area contributed by atoms with Crippen LogP contribution in [0, 0.1) is 0 Å². The number of hydrogen-bond donors (Lipinski definition) is 2. The van der Waals surface area contributed by atoms with E-state index in [2.05, 4.69) is 21.2 Å². The first-order valence-corrected chi connectivity index (χ1v) is 7.54. The van der Waals surface area contributed by atoms with E-state index in [4.69, 9.17) is 14.2 Å². The van der Waals surface area contributed by atoms with Crippen LogP contribution in [0.3, 0.4) is 0 Å². The fourth-order valence-corrected chi connectivity index (χ4v) is 3.09. The summed E-state index contributed by atoms with van der Waals surface area (Å²) in [7, 11) is 0. The third-order valence-electron chi connectivity index (χ3n) is 3.69. The molecule has 0 atom stereocenters. The molecule has 1 aromatic rings. The fourth-order valence-electron chi connectivity index (χ4n) is 2.49. The van der Waals surface area contributed by atoms with E-state index in [-0.39, 0.29) is 6.79 Å². The summed E-state index contributed by atoms with van der Waals surface area (Å²) < 4.78 is 16.9. The van der Waals surface area contributed by atoms with Gasteiger partial charge in [0.25, 0.3) is 0 Å². The Kier molecular flexibility index (Phi) is 4.16. The lowest BCUT2D eigenvalue weighted by atomic mass is 9.94. The van der Waals surface area contributed by atoms with Crippen molar-refractivity contribution in [2.24, 2.45) is 0 Å². The third kappa shape index (κ3) is 3.09. The van der Waals surface area contributed by atoms with Crippen molar-refractivity contribution in [2.75, 3.05) is 26.6 Å². The molecule has 3 rings (SSSR count). The highest BCUT2D eigenvalue weighted by Gasteiger charge is 2.29. The van der Waals surface area contributed by atoms with Crippen molar-refractivity contribution < 1.29 is 19.3 Å². The van der Waals surface area contributed by atoms with Crippen molar-refractivity contribution in [3.8, 4) is 11.5 Å². The molecular weight excluding hydrogens is 326 g/mol. The predicted molar refractivity (Wildman–Crippen MR) is 77.0 cm³/mol. The standard InChI is InChI=1S/C14H18BrNO4/c15-11-5-10(6-12-13(11)20-9-19-12)7-16-8-14(17)1-3-18-4-2-14/h5-6,16-17H,1-4,7-9H2. The molecule has 110 valence electrons. The van der Waals surface area contributed by atoms with Gasteiger partial charge < -0.3 is 24.6 Å². The molecule has 20 heavy (non-hydrogen) atoms. The topological polar surface area (TPSA) is 60.0 Å². The number of ether oxygens (including phenoxy) is 3. The maximum atomic E-state index is 10.4. The predicted octanol–water partition coefficient (Wildman–Crippen LogP) is 1.81. The Morgan fingerprint density at radius 2 is 2.05 bits per heavy atom. The summed E-state index contributed by atoms with van der Waals surface area (Å²) in [5.74, 6) is 1.53. The molecule has 0 radical (unpaired) electrons. The lowest BCUT2D eigenvalue weighted by molar-refractivity contribution is -0.0617. The van der Waals surface area contributed by atoms with Crippen LogP contribution in [-0.2, 0) is 11.3 Å². The van der Waals surface area contributed by atoms with Gasteiger partial charge in [-0.3, -0.25) is 0 Å². The zero-order valence-electron chi connectivity index (χ0n) is 11.2. The SMILES string of the molecule is OC1(CNCc2cc(Br)c3c(c2)OCO3)CCOCC1. The van der Waals surface area contributed by atoms with Gasteiger partial charge in [0.05, 0.1) is 10.1 Å². The summed E-state index contributed by atoms with van der Waals surface area (Å²) in [6.07, 6.45) is 1.37. The second-order valence-electron chi connectivity index (χ2n) is 5.25. The highest BCUT2D eigenvalue weighted by Crippen LogP contribution is 2.39. The van der Waals surface area contributed by atoms with E-state index in [0.717, 1.165) is 21.5 Å². The molecule has 0 saturated carbocycles. The Bertz CT molecular complexity index is 488. The normalized spacial score (nSPS) is 20.1. The first-order chi connectivity index (χ1) is 9.66. The third-order valence-corrected chi connectivity index (χ3v) is 4.28. The molecule has 6 heteroatoms. The van der Waals surface area contributed by atoms with Crippen LogP contribution in [0.4, 0.5) is 0 Å². The van der Waals surface area contributed by atoms with Crippen LogP contribution in [-0.4, -0.2) is 37.3 Å². The molecule has 2 heterocycles. The minimum absolute atomic E-state index is 0.268. The maximum Gasteiger partial charge on any atom is 0.231 e. The molecule has 0 unspecified atom stereocenters. The summed E-state index contributed by atoms with van der Waals surface area (Å²) in [6, 6.07) is 3.97. The molecule has 5 nitrogen and oxygen atoms in total. The van der Waals surface area contributed by atoms with Gasteiger partial charge in [0, 0.05) is 39.1 Å². The molecule has 2 aliphatic rings. The maximum absolute atomic E-state index is 10.4. The molecule has 0 aliphatic carbocycles. The molecule has 0 amide bonds. The minimum atomic E-state index is -0.647. The first-order valence-electron chi connectivity index (χ1n) is 6.75. The summed E-state index contributed by atoms with van der Waals surface area (Å²) in [5.41, 5.74) is 0.447. The van der Waals surface area contributed by atoms with E-state index >= 15 is 0 Å². The van der Waals surface area contributed by atoms with E-state index < -0.39 is 5.60 Å². The molecule has 1 aromatic carbocycles. The van der Waals surface area contributed by atoms with Crippen molar-refractivity contribution in [1.82, 2.24) is 5.32 Å². The average molecular weight is 344 g/mol. The van der Waals surface area contributed by atoms with E-state index in [1.807, 2.05) is 12.1 Å². The van der Waals surface area contributed by atoms with Crippen LogP contribution in [0.1, 0.15) is 18.4 Å². The first kappa shape index (κ1) is 14.1. The molecule has 2 aliphatic heterocycles. The van der Waals surface area contributed by atoms with Crippen molar-refractivity contribution >= 4 is 15.9 Å². The Hall–Kier alpha value is -0.820. The van der Waals surface area contributed by atoms with Gasteiger partial charge in [-0.15, -0.1) is 0 Å². The van der Waals surface area contributed by atoms with Gasteiger partial charge in [-0.2, -0.15) is 0 Å². The van der Waals surface area contributed by atoms with Crippen molar-refractivity contribution in [2.45, 2.75) is 25.0 Å². The lowest BCUT2D eigenvalue weighted by Gasteiger charge is -2.32. The molecule has 1 saturated heterocycles. The lowest BCUT2D eigenvalue weighted by Crippen LogP contribution is -2.44. The molecule has 0 spiro atoms. The van der Waals surface area contributed by atoms with Gasteiger partial charge in [-0.05, 0) is 33.6 Å². The Labute approximate surface area is 126 Å². The summed E-state index contributed by atoms with van der Waals surface area (Å²) in [6.45, 7) is 2.78. The van der Waals surface area contributed by atoms with Gasteiger partial charge >= 0.3 is 0 Å². The number of benzene rings is 1. The Morgan fingerprint density at radius 3 is 2.85 bits per heavy atom. The van der Waals surface area contributed by atoms with Crippen LogP contribution in [0.15, 0.2) is 16.6 Å². The highest BCUT2D eigenvalue weighted by atomic mass is 79.9. The molecule has 0 bridgehead atoms. The van der Waals surface area contributed by atoms with Crippen LogP contribution < -0.4 is 14.8 Å². The molecular formula is C14H18BrNO4. The fraction of sp³-hybridized carbons (Fsp3) is 0.571. The number of aliphatic hydroxyl groups is 1. The van der Waals surface area contributed by atoms with E-state index in [1.54, 1.807) is 0 Å². The number of hydrogen-bond acceptors (Lipinski definition) is 5. The average Bonchev–Trinajstić information content (AvgIpc) is 2.88. The monoisotopic (exact) mass is 343 g/mol. The van der Waals surface area contributed by atoms with Gasteiger partial charge in [0.2, 0.25) is 6.79 Å². The second kappa shape index (κ2) is 5.89. The zero-order chi connectivity index (χ0) is 14.0. The van der Waals surface area contributed by atoms with Crippen LogP contribution >= 0.6 is 15.9 Å². The molecule has 0 aromatic heterocycles. The highest BCUT2D eigenvalue weighted by molar-refractivity contribution is 9.10. The summed E-state index contributed by atoms with van der Waals surface area (Å²) in [4.78, 5) is 0. The smallest absolute Gasteiger partial charge is 0.231 e. The second-order valence-corrected chi connectivity index (χ2v) is 6.11. The van der Waals surface area contributed by atoms with Crippen molar-refractivity contribution in [3.05, 3.63) is 22.2 Å². The van der Waals surface area contributed by atoms with E-state index in [0.29, 0.717) is 39.1 Å². The van der Waals surface area contributed by atoms with Gasteiger partial charge in [0.1, 0.15) is 0 Å². The number of rotatable bonds is 4. The Morgan fingerprint density at radius 1 is 1.25 bits per heavy atom. The van der Waals surface area contributed by atoms with Crippen molar-refractivity contribution in [1.29, 1.82) is 0 Å². The van der Waals surface area contributed by atoms with E-state index in [1.165, 1.54) is 0 Å². The summed E-state index contributed by atoms with van der Waals surface area (Å²) >= 11 is 3.48. The van der Waals surface area contributed by atoms with Gasteiger partial charge in [-0.1, -0.05) is 0 Å². The van der Waals surface area contributed by atoms with Crippen LogP contribution in [0.2, 0.25) is 0 Å². The molecule has 2 N–H and O–H groups in total. The van der Waals surface area contributed by atoms with Crippen LogP contribution in [0.5, 0.6) is 11.5 Å². The van der Waals surface area contributed by atoms with Gasteiger partial charge in [-0.25, -0.2) is 0 Å². The van der Waals surface area contributed by atoms with E-state index in [9.17, 15) is 5.11 Å². The van der Waals surface area contributed by atoms with Crippen molar-refractivity contribution in [3.63, 3.8) is 0 Å². The summed E-state index contributed by atoms with van der Waals surface area (Å²) in [5, 5.41) is 13.7. The Balaban J connectivity index is 1.57. The zero-order valence-corrected chi connectivity index (χ0v) is 12.7. The van der Waals surface area contributed by atoms with Crippen LogP contribution in [0.25, 0.3) is 0 Å².